The fourth-order valence-corrected chi connectivity index (χ4v) is 13.6. The molecule has 0 aliphatic carbocycles. The molecule has 9 atom stereocenters. The number of hydrogen-bond donors (Lipinski definition) is 0. The van der Waals surface area contributed by atoms with Crippen LogP contribution in [0.2, 0.25) is 5.04 Å². The highest BCUT2D eigenvalue weighted by Gasteiger charge is 2.51. The van der Waals surface area contributed by atoms with Gasteiger partial charge < -0.3 is 37.6 Å². The Morgan fingerprint density at radius 1 is 0.690 bits per heavy atom. The van der Waals surface area contributed by atoms with Crippen LogP contribution < -0.4 is 10.4 Å². The van der Waals surface area contributed by atoms with Gasteiger partial charge in [-0.3, -0.25) is 0 Å². The van der Waals surface area contributed by atoms with Crippen molar-refractivity contribution in [3.8, 4) is 0 Å². The number of hydrogen-bond acceptors (Lipinski definition) is 8. The van der Waals surface area contributed by atoms with E-state index in [1.165, 1.54) is 10.4 Å². The van der Waals surface area contributed by atoms with Gasteiger partial charge in [0, 0.05) is 52.1 Å². The molecule has 5 rings (SSSR count). The fourth-order valence-electron chi connectivity index (χ4n) is 8.91. The van der Waals surface area contributed by atoms with Gasteiger partial charge >= 0.3 is 0 Å². The Hall–Kier alpha value is -3.22. The first-order valence-corrected chi connectivity index (χ1v) is 22.9. The maximum Gasteiger partial charge on any atom is 0.261 e. The smallest absolute Gasteiger partial charge is 0.261 e. The molecule has 1 heterocycles. The highest BCUT2D eigenvalue weighted by molar-refractivity contribution is 6.99. The summed E-state index contributed by atoms with van der Waals surface area (Å²) < 4.78 is 52.3. The molecule has 0 spiro atoms. The molecule has 0 aromatic heterocycles. The van der Waals surface area contributed by atoms with E-state index in [4.69, 9.17) is 37.6 Å². The zero-order valence-electron chi connectivity index (χ0n) is 36.3. The first-order valence-electron chi connectivity index (χ1n) is 21.0. The molecule has 8 nitrogen and oxygen atoms in total. The first kappa shape index (κ1) is 45.9. The van der Waals surface area contributed by atoms with Gasteiger partial charge in [-0.1, -0.05) is 163 Å². The van der Waals surface area contributed by atoms with Crippen LogP contribution >= 0.6 is 0 Å². The third-order valence-electron chi connectivity index (χ3n) is 11.9. The predicted molar refractivity (Wildman–Crippen MR) is 234 cm³/mol. The Balaban J connectivity index is 1.39. The van der Waals surface area contributed by atoms with E-state index in [0.717, 1.165) is 17.5 Å². The second kappa shape index (κ2) is 22.4. The third kappa shape index (κ3) is 11.3. The van der Waals surface area contributed by atoms with Crippen LogP contribution in [0, 0.1) is 17.8 Å². The van der Waals surface area contributed by atoms with E-state index in [9.17, 15) is 0 Å². The fraction of sp³-hybridized carbons (Fsp3) is 0.510. The van der Waals surface area contributed by atoms with Crippen LogP contribution in [0.25, 0.3) is 0 Å². The van der Waals surface area contributed by atoms with Gasteiger partial charge in [0.2, 0.25) is 0 Å². The summed E-state index contributed by atoms with van der Waals surface area (Å²) in [5, 5.41) is 2.38. The maximum absolute atomic E-state index is 7.40. The van der Waals surface area contributed by atoms with Gasteiger partial charge in [-0.05, 0) is 33.0 Å². The predicted octanol–water partition coefficient (Wildman–Crippen LogP) is 8.80. The molecule has 4 aromatic rings. The van der Waals surface area contributed by atoms with Crippen LogP contribution in [0.15, 0.2) is 121 Å². The highest BCUT2D eigenvalue weighted by Crippen LogP contribution is 2.40. The van der Waals surface area contributed by atoms with Crippen LogP contribution in [-0.2, 0) is 50.8 Å². The van der Waals surface area contributed by atoms with Gasteiger partial charge in [0.1, 0.15) is 12.9 Å². The lowest BCUT2D eigenvalue weighted by Crippen LogP contribution is -2.67. The van der Waals surface area contributed by atoms with Crippen molar-refractivity contribution in [1.82, 2.24) is 0 Å². The van der Waals surface area contributed by atoms with E-state index in [0.29, 0.717) is 26.2 Å². The summed E-state index contributed by atoms with van der Waals surface area (Å²) in [6.07, 6.45) is -0.702. The SMILES string of the molecule is CC[C@@H]1[C@@H](OCc2ccccc2)[C@@H](OCc2ccccc2)[C@@H](OC)O[C@@H]1C[C@@H](OCOC)[C@H](C)[C@H](OC)[C@@H](C)CO[Si](c1ccccc1)(c1ccccc1)C(C)(C)C. The largest absolute Gasteiger partial charge is 0.407 e. The van der Waals surface area contributed by atoms with Gasteiger partial charge in [-0.25, -0.2) is 0 Å². The average molecular weight is 813 g/mol. The number of rotatable bonds is 22. The van der Waals surface area contributed by atoms with E-state index in [2.05, 4.69) is 126 Å². The minimum Gasteiger partial charge on any atom is -0.407 e. The molecule has 58 heavy (non-hydrogen) atoms. The Labute approximate surface area is 349 Å². The van der Waals surface area contributed by atoms with E-state index in [1.807, 2.05) is 36.4 Å². The molecule has 0 amide bonds. The lowest BCUT2D eigenvalue weighted by molar-refractivity contribution is -0.305. The molecule has 9 heteroatoms. The van der Waals surface area contributed by atoms with Crippen molar-refractivity contribution >= 4 is 18.7 Å². The topological polar surface area (TPSA) is 73.8 Å². The number of methoxy groups -OCH3 is 3. The van der Waals surface area contributed by atoms with E-state index in [1.54, 1.807) is 21.3 Å². The molecule has 1 aliphatic rings. The van der Waals surface area contributed by atoms with Gasteiger partial charge in [-0.2, -0.15) is 0 Å². The van der Waals surface area contributed by atoms with Crippen LogP contribution in [0.1, 0.15) is 65.5 Å². The molecule has 4 aromatic carbocycles. The Bertz CT molecular complexity index is 1670. The van der Waals surface area contributed by atoms with Crippen LogP contribution in [0.3, 0.4) is 0 Å². The van der Waals surface area contributed by atoms with Crippen molar-refractivity contribution in [3.05, 3.63) is 132 Å². The van der Waals surface area contributed by atoms with E-state index < -0.39 is 20.7 Å². The normalized spacial score (nSPS) is 22.3. The lowest BCUT2D eigenvalue weighted by Gasteiger charge is -2.47. The average Bonchev–Trinajstić information content (AvgIpc) is 3.25. The van der Waals surface area contributed by atoms with Crippen LogP contribution in [0.5, 0.6) is 0 Å². The Morgan fingerprint density at radius 2 is 1.19 bits per heavy atom. The summed E-state index contributed by atoms with van der Waals surface area (Å²) in [4.78, 5) is 0. The van der Waals surface area contributed by atoms with Crippen molar-refractivity contribution < 1.29 is 37.6 Å². The molecule has 1 fully saturated rings. The first-order chi connectivity index (χ1) is 28.1. The van der Waals surface area contributed by atoms with Crippen molar-refractivity contribution in [2.45, 2.75) is 109 Å². The third-order valence-corrected chi connectivity index (χ3v) is 16.9. The molecule has 1 aliphatic heterocycles. The molecule has 0 bridgehead atoms. The zero-order valence-corrected chi connectivity index (χ0v) is 37.3. The van der Waals surface area contributed by atoms with E-state index >= 15 is 0 Å². The maximum atomic E-state index is 7.40. The molecular formula is C49H68O8Si. The summed E-state index contributed by atoms with van der Waals surface area (Å²) in [7, 11) is 2.37. The van der Waals surface area contributed by atoms with Crippen molar-refractivity contribution in [2.24, 2.45) is 17.8 Å². The van der Waals surface area contributed by atoms with Crippen LogP contribution in [0.4, 0.5) is 0 Å². The number of benzene rings is 4. The minimum absolute atomic E-state index is 0.00590. The summed E-state index contributed by atoms with van der Waals surface area (Å²) in [5.41, 5.74) is 2.18. The quantitative estimate of drug-likeness (QED) is 0.0577. The Morgan fingerprint density at radius 3 is 1.64 bits per heavy atom. The standard InChI is InChI=1S/C49H68O8Si/c1-10-42-44(57-48(52-9)47(54-34-39-25-17-12-18-26-39)46(42)53-33-38-23-15-11-16-24-38)31-43(55-35-50-7)37(3)45(51-8)36(2)32-56-58(49(4,5)6,40-27-19-13-20-28-40)41-29-21-14-22-30-41/h11-30,36-37,42-48H,10,31-35H2,1-9H3/t36-,37-,42-,43+,44+,45+,46+,47+,48-/m0/s1. The second-order valence-electron chi connectivity index (χ2n) is 16.7. The summed E-state index contributed by atoms with van der Waals surface area (Å²) in [6.45, 7) is 15.1. The monoisotopic (exact) mass is 812 g/mol. The van der Waals surface area contributed by atoms with Crippen LogP contribution in [-0.4, -0.2) is 79.9 Å². The summed E-state index contributed by atoms with van der Waals surface area (Å²) in [5.74, 6) is -0.0154. The summed E-state index contributed by atoms with van der Waals surface area (Å²) >= 11 is 0. The summed E-state index contributed by atoms with van der Waals surface area (Å²) in [6, 6.07) is 42.0. The molecule has 0 saturated carbocycles. The van der Waals surface area contributed by atoms with Crippen molar-refractivity contribution in [3.63, 3.8) is 0 Å². The van der Waals surface area contributed by atoms with Gasteiger partial charge in [0.15, 0.2) is 6.29 Å². The molecular weight excluding hydrogens is 745 g/mol. The second-order valence-corrected chi connectivity index (χ2v) is 21.0. The lowest BCUT2D eigenvalue weighted by atomic mass is 9.80. The van der Waals surface area contributed by atoms with Gasteiger partial charge in [0.25, 0.3) is 8.32 Å². The Kier molecular flexibility index (Phi) is 17.7. The zero-order chi connectivity index (χ0) is 41.5. The number of ether oxygens (including phenoxy) is 7. The molecule has 0 radical (unpaired) electrons. The molecule has 0 N–H and O–H groups in total. The van der Waals surface area contributed by atoms with Gasteiger partial charge in [0.05, 0.1) is 37.6 Å². The molecule has 316 valence electrons. The molecule has 0 unspecified atom stereocenters. The van der Waals surface area contributed by atoms with E-state index in [-0.39, 0.29) is 54.0 Å². The van der Waals surface area contributed by atoms with Crippen molar-refractivity contribution in [2.75, 3.05) is 34.7 Å². The minimum atomic E-state index is -2.76. The molecule has 1 saturated heterocycles. The van der Waals surface area contributed by atoms with Crippen molar-refractivity contribution in [1.29, 1.82) is 0 Å². The van der Waals surface area contributed by atoms with Gasteiger partial charge in [-0.15, -0.1) is 0 Å². The highest BCUT2D eigenvalue weighted by atomic mass is 28.4.